The van der Waals surface area contributed by atoms with Crippen molar-refractivity contribution in [1.29, 1.82) is 0 Å². The number of carbonyl (C=O) groups excluding carboxylic acids is 1. The molecule has 0 aliphatic heterocycles. The van der Waals surface area contributed by atoms with Gasteiger partial charge in [0.25, 0.3) is 5.91 Å². The number of benzene rings is 2. The number of aryl methyl sites for hydroxylation is 1. The SMILES string of the molecule is COc1cc(NC(=O)c2ccc(C)c(F)c2)cc(OC)c1. The fourth-order valence-electron chi connectivity index (χ4n) is 1.82. The molecular weight excluding hydrogens is 273 g/mol. The number of halogens is 1. The molecule has 0 bridgehead atoms. The first kappa shape index (κ1) is 14.8. The van der Waals surface area contributed by atoms with Gasteiger partial charge in [-0.3, -0.25) is 4.79 Å². The Labute approximate surface area is 122 Å². The summed E-state index contributed by atoms with van der Waals surface area (Å²) in [6.45, 7) is 1.64. The van der Waals surface area contributed by atoms with Crippen LogP contribution in [0.2, 0.25) is 0 Å². The third-order valence-corrected chi connectivity index (χ3v) is 3.04. The summed E-state index contributed by atoms with van der Waals surface area (Å²) in [6.07, 6.45) is 0. The zero-order valence-electron chi connectivity index (χ0n) is 12.1. The quantitative estimate of drug-likeness (QED) is 0.938. The molecule has 2 aromatic rings. The number of carbonyl (C=O) groups is 1. The molecule has 0 spiro atoms. The average Bonchev–Trinajstić information content (AvgIpc) is 2.49. The summed E-state index contributed by atoms with van der Waals surface area (Å²) in [7, 11) is 3.05. The topological polar surface area (TPSA) is 47.6 Å². The van der Waals surface area contributed by atoms with E-state index in [1.807, 2.05) is 0 Å². The third kappa shape index (κ3) is 3.51. The van der Waals surface area contributed by atoms with Gasteiger partial charge in [0.05, 0.1) is 14.2 Å². The molecule has 4 nitrogen and oxygen atoms in total. The highest BCUT2D eigenvalue weighted by atomic mass is 19.1. The van der Waals surface area contributed by atoms with E-state index in [-0.39, 0.29) is 5.56 Å². The van der Waals surface area contributed by atoms with Gasteiger partial charge in [-0.2, -0.15) is 0 Å². The molecule has 5 heteroatoms. The molecule has 0 aliphatic rings. The Bertz CT molecular complexity index is 648. The van der Waals surface area contributed by atoms with Gasteiger partial charge in [0.2, 0.25) is 0 Å². The summed E-state index contributed by atoms with van der Waals surface area (Å²) in [6, 6.07) is 9.36. The van der Waals surface area contributed by atoms with Crippen LogP contribution in [0.1, 0.15) is 15.9 Å². The minimum Gasteiger partial charge on any atom is -0.497 e. The molecule has 2 rings (SSSR count). The number of methoxy groups -OCH3 is 2. The van der Waals surface area contributed by atoms with Crippen LogP contribution < -0.4 is 14.8 Å². The predicted molar refractivity (Wildman–Crippen MR) is 78.6 cm³/mol. The van der Waals surface area contributed by atoms with Gasteiger partial charge in [-0.05, 0) is 24.6 Å². The molecule has 0 radical (unpaired) electrons. The first-order valence-corrected chi connectivity index (χ1v) is 6.34. The first-order chi connectivity index (χ1) is 10.0. The zero-order chi connectivity index (χ0) is 15.4. The second kappa shape index (κ2) is 6.26. The van der Waals surface area contributed by atoms with E-state index in [1.165, 1.54) is 20.3 Å². The molecule has 0 saturated carbocycles. The van der Waals surface area contributed by atoms with Crippen LogP contribution in [-0.2, 0) is 0 Å². The molecule has 1 amide bonds. The lowest BCUT2D eigenvalue weighted by Gasteiger charge is -2.10. The Kier molecular flexibility index (Phi) is 4.42. The minimum absolute atomic E-state index is 0.250. The summed E-state index contributed by atoms with van der Waals surface area (Å²) in [5, 5.41) is 2.69. The van der Waals surface area contributed by atoms with Crippen LogP contribution in [0, 0.1) is 12.7 Å². The lowest BCUT2D eigenvalue weighted by molar-refractivity contribution is 0.102. The van der Waals surface area contributed by atoms with Gasteiger partial charge in [-0.25, -0.2) is 4.39 Å². The van der Waals surface area contributed by atoms with Crippen molar-refractivity contribution in [1.82, 2.24) is 0 Å². The van der Waals surface area contributed by atoms with Crippen LogP contribution in [0.15, 0.2) is 36.4 Å². The number of rotatable bonds is 4. The highest BCUT2D eigenvalue weighted by Crippen LogP contribution is 2.26. The van der Waals surface area contributed by atoms with Crippen molar-refractivity contribution in [3.05, 3.63) is 53.3 Å². The van der Waals surface area contributed by atoms with Gasteiger partial charge < -0.3 is 14.8 Å². The zero-order valence-corrected chi connectivity index (χ0v) is 12.1. The van der Waals surface area contributed by atoms with E-state index < -0.39 is 11.7 Å². The largest absolute Gasteiger partial charge is 0.497 e. The summed E-state index contributed by atoms with van der Waals surface area (Å²) in [5.41, 5.74) is 1.26. The molecule has 0 heterocycles. The van der Waals surface area contributed by atoms with Crippen molar-refractivity contribution in [3.63, 3.8) is 0 Å². The molecule has 110 valence electrons. The van der Waals surface area contributed by atoms with E-state index in [1.54, 1.807) is 37.3 Å². The van der Waals surface area contributed by atoms with Gasteiger partial charge >= 0.3 is 0 Å². The van der Waals surface area contributed by atoms with Gasteiger partial charge in [-0.15, -0.1) is 0 Å². The summed E-state index contributed by atoms with van der Waals surface area (Å²) < 4.78 is 23.8. The highest BCUT2D eigenvalue weighted by Gasteiger charge is 2.10. The molecule has 0 aromatic heterocycles. The van der Waals surface area contributed by atoms with Crippen LogP contribution in [0.3, 0.4) is 0 Å². The van der Waals surface area contributed by atoms with Crippen molar-refractivity contribution in [2.45, 2.75) is 6.92 Å². The molecule has 0 atom stereocenters. The average molecular weight is 289 g/mol. The normalized spacial score (nSPS) is 10.1. The Morgan fingerprint density at radius 1 is 1.05 bits per heavy atom. The van der Waals surface area contributed by atoms with E-state index in [0.29, 0.717) is 22.7 Å². The number of nitrogens with one attached hydrogen (secondary N) is 1. The van der Waals surface area contributed by atoms with Crippen LogP contribution in [-0.4, -0.2) is 20.1 Å². The number of anilines is 1. The van der Waals surface area contributed by atoms with Gasteiger partial charge in [-0.1, -0.05) is 6.07 Å². The first-order valence-electron chi connectivity index (χ1n) is 6.34. The van der Waals surface area contributed by atoms with E-state index >= 15 is 0 Å². The third-order valence-electron chi connectivity index (χ3n) is 3.04. The molecule has 1 N–H and O–H groups in total. The Hall–Kier alpha value is -2.56. The number of hydrogen-bond donors (Lipinski definition) is 1. The summed E-state index contributed by atoms with van der Waals surface area (Å²) in [5.74, 6) is 0.301. The van der Waals surface area contributed by atoms with Gasteiger partial charge in [0.15, 0.2) is 0 Å². The van der Waals surface area contributed by atoms with Crippen LogP contribution in [0.5, 0.6) is 11.5 Å². The summed E-state index contributed by atoms with van der Waals surface area (Å²) in [4.78, 5) is 12.1. The molecule has 0 saturated heterocycles. The fraction of sp³-hybridized carbons (Fsp3) is 0.188. The Balaban J connectivity index is 2.24. The summed E-state index contributed by atoms with van der Waals surface area (Å²) >= 11 is 0. The smallest absolute Gasteiger partial charge is 0.255 e. The van der Waals surface area contributed by atoms with Crippen LogP contribution >= 0.6 is 0 Å². The monoisotopic (exact) mass is 289 g/mol. The number of amides is 1. The van der Waals surface area contributed by atoms with E-state index in [2.05, 4.69) is 5.32 Å². The molecule has 2 aromatic carbocycles. The lowest BCUT2D eigenvalue weighted by Crippen LogP contribution is -2.12. The van der Waals surface area contributed by atoms with E-state index in [9.17, 15) is 9.18 Å². The van der Waals surface area contributed by atoms with Crippen molar-refractivity contribution in [2.24, 2.45) is 0 Å². The lowest BCUT2D eigenvalue weighted by atomic mass is 10.1. The van der Waals surface area contributed by atoms with Crippen LogP contribution in [0.4, 0.5) is 10.1 Å². The van der Waals surface area contributed by atoms with E-state index in [4.69, 9.17) is 9.47 Å². The number of ether oxygens (including phenoxy) is 2. The van der Waals surface area contributed by atoms with Crippen molar-refractivity contribution in [3.8, 4) is 11.5 Å². The second-order valence-corrected chi connectivity index (χ2v) is 4.52. The Morgan fingerprint density at radius 3 is 2.19 bits per heavy atom. The fourth-order valence-corrected chi connectivity index (χ4v) is 1.82. The van der Waals surface area contributed by atoms with Gasteiger partial charge in [0.1, 0.15) is 17.3 Å². The maximum absolute atomic E-state index is 13.5. The molecule has 0 fully saturated rings. The highest BCUT2D eigenvalue weighted by molar-refractivity contribution is 6.04. The van der Waals surface area contributed by atoms with Crippen molar-refractivity contribution < 1.29 is 18.7 Å². The van der Waals surface area contributed by atoms with Crippen LogP contribution in [0.25, 0.3) is 0 Å². The molecule has 0 unspecified atom stereocenters. The number of hydrogen-bond acceptors (Lipinski definition) is 3. The maximum Gasteiger partial charge on any atom is 0.255 e. The predicted octanol–water partition coefficient (Wildman–Crippen LogP) is 3.40. The molecule has 21 heavy (non-hydrogen) atoms. The van der Waals surface area contributed by atoms with E-state index in [0.717, 1.165) is 0 Å². The molecular formula is C16H16FNO3. The van der Waals surface area contributed by atoms with Crippen molar-refractivity contribution >= 4 is 11.6 Å². The van der Waals surface area contributed by atoms with Crippen molar-refractivity contribution in [2.75, 3.05) is 19.5 Å². The van der Waals surface area contributed by atoms with Gasteiger partial charge in [0, 0.05) is 29.4 Å². The standard InChI is InChI=1S/C16H16FNO3/c1-10-4-5-11(6-15(10)17)16(19)18-12-7-13(20-2)9-14(8-12)21-3/h4-9H,1-3H3,(H,18,19). The maximum atomic E-state index is 13.5. The Morgan fingerprint density at radius 2 is 1.67 bits per heavy atom. The minimum atomic E-state index is -0.411. The molecule has 0 aliphatic carbocycles. The second-order valence-electron chi connectivity index (χ2n) is 4.52.